The van der Waals surface area contributed by atoms with Gasteiger partial charge in [-0.3, -0.25) is 10.1 Å². The van der Waals surface area contributed by atoms with Crippen LogP contribution in [0.2, 0.25) is 0 Å². The highest BCUT2D eigenvalue weighted by atomic mass is 16.6. The number of nitrogens with two attached hydrogens (primary N) is 1. The Kier molecular flexibility index (Phi) is 2.55. The highest BCUT2D eigenvalue weighted by molar-refractivity contribution is 5.54. The first-order valence-electron chi connectivity index (χ1n) is 4.77. The van der Waals surface area contributed by atoms with E-state index in [0.717, 1.165) is 11.1 Å². The highest BCUT2D eigenvalue weighted by Gasteiger charge is 2.13. The van der Waals surface area contributed by atoms with Crippen molar-refractivity contribution in [1.29, 1.82) is 0 Å². The number of nitro groups is 1. The lowest BCUT2D eigenvalue weighted by Gasteiger charge is -1.95. The first kappa shape index (κ1) is 10.2. The van der Waals surface area contributed by atoms with Crippen molar-refractivity contribution in [2.24, 2.45) is 5.73 Å². The van der Waals surface area contributed by atoms with Gasteiger partial charge in [0.1, 0.15) is 0 Å². The number of hydrogen-bond acceptors (Lipinski definition) is 3. The van der Waals surface area contributed by atoms with Gasteiger partial charge in [-0.1, -0.05) is 18.2 Å². The molecule has 4 nitrogen and oxygen atoms in total. The highest BCUT2D eigenvalue weighted by Crippen LogP contribution is 2.21. The van der Waals surface area contributed by atoms with Crippen molar-refractivity contribution in [3.63, 3.8) is 0 Å². The Bertz CT molecular complexity index is 517. The third-order valence-electron chi connectivity index (χ3n) is 2.30. The summed E-state index contributed by atoms with van der Waals surface area (Å²) in [5, 5.41) is 10.5. The molecule has 0 atom stereocenters. The van der Waals surface area contributed by atoms with Gasteiger partial charge in [0.15, 0.2) is 0 Å². The number of allylic oxidation sites excluding steroid dienone is 10. The van der Waals surface area contributed by atoms with Gasteiger partial charge >= 0.3 is 0 Å². The molecule has 80 valence electrons. The fourth-order valence-electron chi connectivity index (χ4n) is 1.48. The third kappa shape index (κ3) is 2.00. The molecule has 0 spiro atoms. The summed E-state index contributed by atoms with van der Waals surface area (Å²) in [7, 11) is 0. The lowest BCUT2D eigenvalue weighted by Crippen LogP contribution is -1.92. The van der Waals surface area contributed by atoms with Gasteiger partial charge in [-0.05, 0) is 29.4 Å². The number of nitrogens with zero attached hydrogens (tertiary/aromatic N) is 1. The summed E-state index contributed by atoms with van der Waals surface area (Å²) in [5.74, 6) is 0. The summed E-state index contributed by atoms with van der Waals surface area (Å²) < 4.78 is 0. The second kappa shape index (κ2) is 4.02. The van der Waals surface area contributed by atoms with Crippen molar-refractivity contribution in [1.82, 2.24) is 0 Å². The molecule has 0 aromatic rings. The second-order valence-electron chi connectivity index (χ2n) is 3.43. The number of rotatable bonds is 1. The van der Waals surface area contributed by atoms with Crippen LogP contribution in [0.1, 0.15) is 0 Å². The zero-order chi connectivity index (χ0) is 11.5. The van der Waals surface area contributed by atoms with Crippen molar-refractivity contribution in [2.75, 3.05) is 0 Å². The van der Waals surface area contributed by atoms with Gasteiger partial charge in [0, 0.05) is 17.8 Å². The van der Waals surface area contributed by atoms with Crippen LogP contribution in [0.15, 0.2) is 71.1 Å². The molecule has 0 radical (unpaired) electrons. The Morgan fingerprint density at radius 1 is 1.06 bits per heavy atom. The quantitative estimate of drug-likeness (QED) is 0.536. The van der Waals surface area contributed by atoms with Crippen LogP contribution in [0.5, 0.6) is 0 Å². The van der Waals surface area contributed by atoms with Crippen LogP contribution >= 0.6 is 0 Å². The normalized spacial score (nSPS) is 23.0. The van der Waals surface area contributed by atoms with Gasteiger partial charge in [0.2, 0.25) is 0 Å². The fourth-order valence-corrected chi connectivity index (χ4v) is 1.48. The van der Waals surface area contributed by atoms with Crippen molar-refractivity contribution in [3.8, 4) is 0 Å². The first-order valence-corrected chi connectivity index (χ1v) is 4.77. The largest absolute Gasteiger partial charge is 0.399 e. The molecule has 2 rings (SSSR count). The summed E-state index contributed by atoms with van der Waals surface area (Å²) in [5.41, 5.74) is 8.12. The molecule has 0 amide bonds. The molecule has 0 heterocycles. The van der Waals surface area contributed by atoms with E-state index < -0.39 is 4.92 Å². The molecule has 0 aromatic carbocycles. The number of hydrogen-bond donors (Lipinski definition) is 1. The van der Waals surface area contributed by atoms with Gasteiger partial charge in [0.25, 0.3) is 5.70 Å². The predicted octanol–water partition coefficient (Wildman–Crippen LogP) is 1.98. The summed E-state index contributed by atoms with van der Waals surface area (Å²) in [6.45, 7) is 0. The first-order chi connectivity index (χ1) is 7.66. The Morgan fingerprint density at radius 3 is 2.50 bits per heavy atom. The van der Waals surface area contributed by atoms with E-state index in [9.17, 15) is 10.1 Å². The molecule has 4 heteroatoms. The minimum atomic E-state index is -0.402. The van der Waals surface area contributed by atoms with Crippen LogP contribution in [-0.2, 0) is 0 Å². The second-order valence-corrected chi connectivity index (χ2v) is 3.43. The van der Waals surface area contributed by atoms with E-state index >= 15 is 0 Å². The van der Waals surface area contributed by atoms with Crippen molar-refractivity contribution in [3.05, 3.63) is 81.3 Å². The molecular formula is C12H10N2O2. The Balaban J connectivity index is 2.37. The third-order valence-corrected chi connectivity index (χ3v) is 2.30. The molecule has 2 aliphatic carbocycles. The molecule has 0 bridgehead atoms. The molecule has 2 aliphatic rings. The van der Waals surface area contributed by atoms with Crippen LogP contribution < -0.4 is 5.73 Å². The minimum absolute atomic E-state index is 0.106. The standard InChI is InChI=1S/C12H10N2O2/c13-11-3-1-2-9(4-6-11)10-5-7-12(8-10)14(15)16/h1-8H,13H2/b10-9+. The van der Waals surface area contributed by atoms with E-state index in [4.69, 9.17) is 5.73 Å². The van der Waals surface area contributed by atoms with Crippen molar-refractivity contribution < 1.29 is 4.92 Å². The van der Waals surface area contributed by atoms with E-state index in [0.29, 0.717) is 5.70 Å². The molecule has 0 fully saturated rings. The van der Waals surface area contributed by atoms with Crippen molar-refractivity contribution >= 4 is 0 Å². The molecule has 0 saturated heterocycles. The summed E-state index contributed by atoms with van der Waals surface area (Å²) >= 11 is 0. The Labute approximate surface area is 92.6 Å². The van der Waals surface area contributed by atoms with E-state index in [1.165, 1.54) is 6.08 Å². The van der Waals surface area contributed by atoms with Crippen LogP contribution in [0, 0.1) is 10.1 Å². The van der Waals surface area contributed by atoms with Gasteiger partial charge < -0.3 is 5.73 Å². The van der Waals surface area contributed by atoms with Crippen LogP contribution in [0.4, 0.5) is 0 Å². The summed E-state index contributed by atoms with van der Waals surface area (Å²) in [6, 6.07) is 0. The average molecular weight is 214 g/mol. The molecular weight excluding hydrogens is 204 g/mol. The molecule has 0 aliphatic heterocycles. The average Bonchev–Trinajstić information content (AvgIpc) is 2.63. The van der Waals surface area contributed by atoms with E-state index in [-0.39, 0.29) is 5.70 Å². The van der Waals surface area contributed by atoms with Crippen LogP contribution in [0.3, 0.4) is 0 Å². The van der Waals surface area contributed by atoms with Crippen LogP contribution in [0.25, 0.3) is 0 Å². The molecule has 0 saturated carbocycles. The predicted molar refractivity (Wildman–Crippen MR) is 61.8 cm³/mol. The lowest BCUT2D eigenvalue weighted by molar-refractivity contribution is -0.418. The Hall–Kier alpha value is -2.36. The summed E-state index contributed by atoms with van der Waals surface area (Å²) in [4.78, 5) is 10.1. The van der Waals surface area contributed by atoms with Crippen LogP contribution in [-0.4, -0.2) is 4.92 Å². The molecule has 2 N–H and O–H groups in total. The fraction of sp³-hybridized carbons (Fsp3) is 0. The molecule has 0 aromatic heterocycles. The van der Waals surface area contributed by atoms with E-state index in [2.05, 4.69) is 0 Å². The Morgan fingerprint density at radius 2 is 1.81 bits per heavy atom. The zero-order valence-corrected chi connectivity index (χ0v) is 8.46. The smallest absolute Gasteiger partial charge is 0.270 e. The van der Waals surface area contributed by atoms with Gasteiger partial charge in [-0.2, -0.15) is 0 Å². The topological polar surface area (TPSA) is 69.2 Å². The van der Waals surface area contributed by atoms with Gasteiger partial charge in [0.05, 0.1) is 4.92 Å². The van der Waals surface area contributed by atoms with Crippen molar-refractivity contribution in [2.45, 2.75) is 0 Å². The minimum Gasteiger partial charge on any atom is -0.399 e. The maximum absolute atomic E-state index is 10.5. The van der Waals surface area contributed by atoms with Gasteiger partial charge in [-0.15, -0.1) is 0 Å². The summed E-state index contributed by atoms with van der Waals surface area (Å²) in [6.07, 6.45) is 13.9. The lowest BCUT2D eigenvalue weighted by atomic mass is 10.1. The van der Waals surface area contributed by atoms with E-state index in [1.54, 1.807) is 24.3 Å². The van der Waals surface area contributed by atoms with Gasteiger partial charge in [-0.25, -0.2) is 0 Å². The van der Waals surface area contributed by atoms with E-state index in [1.807, 2.05) is 18.2 Å². The molecule has 16 heavy (non-hydrogen) atoms. The monoisotopic (exact) mass is 214 g/mol. The maximum Gasteiger partial charge on any atom is 0.270 e. The SMILES string of the molecule is NC1=CC=C/C(=C2/C=CC([N+](=O)[O-])=C2)C=C1. The zero-order valence-electron chi connectivity index (χ0n) is 8.46. The molecule has 0 unspecified atom stereocenters. The maximum atomic E-state index is 10.5.